The van der Waals surface area contributed by atoms with Crippen LogP contribution in [0.1, 0.15) is 96.0 Å². The van der Waals surface area contributed by atoms with E-state index in [1.54, 1.807) is 0 Å². The number of halogens is 6. The van der Waals surface area contributed by atoms with E-state index < -0.39 is 35.6 Å². The van der Waals surface area contributed by atoms with Crippen molar-refractivity contribution in [1.29, 1.82) is 0 Å². The van der Waals surface area contributed by atoms with Crippen molar-refractivity contribution < 1.29 is 31.1 Å². The quantitative estimate of drug-likeness (QED) is 0.303. The van der Waals surface area contributed by atoms with E-state index in [1.807, 2.05) is 0 Å². The Bertz CT molecular complexity index is 1130. The van der Waals surface area contributed by atoms with Crippen LogP contribution in [0.3, 0.4) is 0 Å². The van der Waals surface area contributed by atoms with Gasteiger partial charge in [-0.15, -0.1) is 0 Å². The molecule has 0 aromatic heterocycles. The van der Waals surface area contributed by atoms with Gasteiger partial charge in [-0.25, -0.2) is 17.6 Å². The van der Waals surface area contributed by atoms with Gasteiger partial charge < -0.3 is 4.74 Å². The minimum Gasteiger partial charge on any atom is -0.432 e. The molecule has 3 fully saturated rings. The van der Waals surface area contributed by atoms with Crippen LogP contribution < -0.4 is 4.74 Å². The summed E-state index contributed by atoms with van der Waals surface area (Å²) in [6.45, 7) is 2.36. The highest BCUT2D eigenvalue weighted by Gasteiger charge is 2.45. The van der Waals surface area contributed by atoms with Gasteiger partial charge in [0.2, 0.25) is 0 Å². The molecular formula is C33H40F6O. The second-order valence-electron chi connectivity index (χ2n) is 12.6. The average Bonchev–Trinajstić information content (AvgIpc) is 2.93. The highest BCUT2D eigenvalue weighted by atomic mass is 19.3. The van der Waals surface area contributed by atoms with E-state index in [2.05, 4.69) is 6.92 Å². The first-order chi connectivity index (χ1) is 19.1. The summed E-state index contributed by atoms with van der Waals surface area (Å²) in [5, 5.41) is 0. The van der Waals surface area contributed by atoms with E-state index in [0.717, 1.165) is 48.8 Å². The first kappa shape index (κ1) is 29.3. The van der Waals surface area contributed by atoms with Crippen LogP contribution in [0.5, 0.6) is 5.75 Å². The summed E-state index contributed by atoms with van der Waals surface area (Å²) in [7, 11) is 0. The molecule has 0 unspecified atom stereocenters. The molecule has 0 spiro atoms. The molecule has 3 saturated carbocycles. The van der Waals surface area contributed by atoms with Gasteiger partial charge in [-0.05, 0) is 124 Å². The predicted molar refractivity (Wildman–Crippen MR) is 144 cm³/mol. The summed E-state index contributed by atoms with van der Waals surface area (Å²) in [6, 6.07) is 6.16. The predicted octanol–water partition coefficient (Wildman–Crippen LogP) is 11.0. The molecule has 0 heterocycles. The maximum atomic E-state index is 15.1. The van der Waals surface area contributed by atoms with Gasteiger partial charge in [0.1, 0.15) is 17.4 Å². The molecule has 0 atom stereocenters. The van der Waals surface area contributed by atoms with E-state index in [1.165, 1.54) is 69.6 Å². The largest absolute Gasteiger partial charge is 0.432 e. The Morgan fingerprint density at radius 2 is 1.20 bits per heavy atom. The van der Waals surface area contributed by atoms with Crippen LogP contribution >= 0.6 is 0 Å². The Hall–Kier alpha value is -2.18. The zero-order valence-corrected chi connectivity index (χ0v) is 23.2. The van der Waals surface area contributed by atoms with Crippen LogP contribution in [0.4, 0.5) is 26.3 Å². The lowest BCUT2D eigenvalue weighted by molar-refractivity contribution is -0.224. The average molecular weight is 567 g/mol. The van der Waals surface area contributed by atoms with Crippen molar-refractivity contribution in [3.8, 4) is 16.9 Å². The number of benzene rings is 2. The Morgan fingerprint density at radius 1 is 0.675 bits per heavy atom. The summed E-state index contributed by atoms with van der Waals surface area (Å²) in [6.07, 6.45) is 6.37. The molecule has 0 aliphatic heterocycles. The normalized spacial score (nSPS) is 29.9. The minimum atomic E-state index is -3.43. The summed E-state index contributed by atoms with van der Waals surface area (Å²) in [5.74, 6) is 0.450. The van der Waals surface area contributed by atoms with Crippen molar-refractivity contribution in [2.24, 2.45) is 35.5 Å². The smallest absolute Gasteiger partial charge is 0.400 e. The molecule has 40 heavy (non-hydrogen) atoms. The van der Waals surface area contributed by atoms with E-state index in [4.69, 9.17) is 4.74 Å². The van der Waals surface area contributed by atoms with Crippen molar-refractivity contribution in [1.82, 2.24) is 0 Å². The first-order valence-electron chi connectivity index (χ1n) is 15.0. The topological polar surface area (TPSA) is 9.23 Å². The van der Waals surface area contributed by atoms with Gasteiger partial charge in [0, 0.05) is 11.6 Å². The van der Waals surface area contributed by atoms with Crippen molar-refractivity contribution in [2.75, 3.05) is 0 Å². The fourth-order valence-electron chi connectivity index (χ4n) is 7.68. The van der Waals surface area contributed by atoms with Crippen molar-refractivity contribution >= 4 is 0 Å². The number of ether oxygens (including phenoxy) is 1. The highest BCUT2D eigenvalue weighted by Crippen LogP contribution is 2.48. The second kappa shape index (κ2) is 12.4. The van der Waals surface area contributed by atoms with Gasteiger partial charge >= 0.3 is 6.11 Å². The lowest BCUT2D eigenvalue weighted by atomic mass is 9.65. The van der Waals surface area contributed by atoms with Gasteiger partial charge in [0.25, 0.3) is 6.43 Å². The van der Waals surface area contributed by atoms with Gasteiger partial charge in [0.15, 0.2) is 0 Å². The summed E-state index contributed by atoms with van der Waals surface area (Å²) in [4.78, 5) is 0. The van der Waals surface area contributed by atoms with Gasteiger partial charge in [0.05, 0.1) is 11.5 Å². The second-order valence-corrected chi connectivity index (χ2v) is 12.6. The SMILES string of the molecule is CC1CCC(C2CCC(C3CCC(C(F)(F)Oc4ccc(-c5ccc(C(F)F)c(F)c5)c(F)c4)CC3)CC2)CC1. The molecule has 2 aromatic rings. The Labute approximate surface area is 233 Å². The zero-order valence-electron chi connectivity index (χ0n) is 23.2. The van der Waals surface area contributed by atoms with Crippen LogP contribution in [0.15, 0.2) is 36.4 Å². The molecule has 0 saturated heterocycles. The molecule has 0 bridgehead atoms. The van der Waals surface area contributed by atoms with E-state index in [-0.39, 0.29) is 16.9 Å². The maximum Gasteiger partial charge on any atom is 0.400 e. The Balaban J connectivity index is 1.13. The number of alkyl halides is 4. The molecule has 1 nitrogen and oxygen atoms in total. The fraction of sp³-hybridized carbons (Fsp3) is 0.636. The van der Waals surface area contributed by atoms with Crippen molar-refractivity contribution in [3.63, 3.8) is 0 Å². The third-order valence-corrected chi connectivity index (χ3v) is 10.2. The Kier molecular flexibility index (Phi) is 9.06. The van der Waals surface area contributed by atoms with Crippen LogP contribution in [0.2, 0.25) is 0 Å². The maximum absolute atomic E-state index is 15.1. The van der Waals surface area contributed by atoms with Gasteiger partial charge in [-0.3, -0.25) is 0 Å². The molecule has 2 aromatic carbocycles. The van der Waals surface area contributed by atoms with Gasteiger partial charge in [-0.1, -0.05) is 25.8 Å². The third-order valence-electron chi connectivity index (χ3n) is 10.2. The summed E-state index contributed by atoms with van der Waals surface area (Å²) >= 11 is 0. The van der Waals surface area contributed by atoms with E-state index >= 15 is 8.78 Å². The fourth-order valence-corrected chi connectivity index (χ4v) is 7.68. The van der Waals surface area contributed by atoms with Crippen LogP contribution in [0, 0.1) is 47.1 Å². The standard InChI is InChI=1S/C33H40F6O/c1-20-2-4-21(5-3-20)22-6-8-23(9-7-22)24-10-13-26(14-11-24)33(38,39)40-27-15-17-28(31(35)19-27)25-12-16-29(32(36)37)30(34)18-25/h12,15-24,26,32H,2-11,13-14H2,1H3. The van der Waals surface area contributed by atoms with Crippen LogP contribution in [0.25, 0.3) is 11.1 Å². The van der Waals surface area contributed by atoms with Crippen LogP contribution in [-0.4, -0.2) is 6.11 Å². The number of hydrogen-bond donors (Lipinski definition) is 0. The molecular weight excluding hydrogens is 526 g/mol. The lowest BCUT2D eigenvalue weighted by Gasteiger charge is -2.41. The number of rotatable bonds is 7. The monoisotopic (exact) mass is 566 g/mol. The van der Waals surface area contributed by atoms with E-state index in [0.29, 0.717) is 24.7 Å². The molecule has 0 radical (unpaired) electrons. The molecule has 3 aliphatic rings. The molecule has 3 aliphatic carbocycles. The first-order valence-corrected chi connectivity index (χ1v) is 15.0. The molecule has 7 heteroatoms. The minimum absolute atomic E-state index is 0.0402. The van der Waals surface area contributed by atoms with E-state index in [9.17, 15) is 17.6 Å². The summed E-state index contributed by atoms with van der Waals surface area (Å²) < 4.78 is 89.6. The van der Waals surface area contributed by atoms with Crippen molar-refractivity contribution in [2.45, 2.75) is 96.5 Å². The summed E-state index contributed by atoms with van der Waals surface area (Å²) in [5.41, 5.74) is -0.817. The number of hydrogen-bond acceptors (Lipinski definition) is 1. The Morgan fingerprint density at radius 3 is 1.70 bits per heavy atom. The molecule has 220 valence electrons. The highest BCUT2D eigenvalue weighted by molar-refractivity contribution is 5.65. The third kappa shape index (κ3) is 6.65. The molecule has 0 N–H and O–H groups in total. The zero-order chi connectivity index (χ0) is 28.4. The van der Waals surface area contributed by atoms with Gasteiger partial charge in [-0.2, -0.15) is 8.78 Å². The molecule has 5 rings (SSSR count). The molecule has 0 amide bonds. The van der Waals surface area contributed by atoms with Crippen molar-refractivity contribution in [3.05, 3.63) is 53.6 Å². The van der Waals surface area contributed by atoms with Crippen LogP contribution in [-0.2, 0) is 0 Å². The lowest BCUT2D eigenvalue weighted by Crippen LogP contribution is -2.38.